The first-order chi connectivity index (χ1) is 7.45. The Balaban J connectivity index is 1.91. The number of benzene rings is 1. The Hall–Kier alpha value is -0.860. The Morgan fingerprint density at radius 1 is 1.20 bits per heavy atom. The van der Waals surface area contributed by atoms with Crippen molar-refractivity contribution in [3.8, 4) is 0 Å². The lowest BCUT2D eigenvalue weighted by molar-refractivity contribution is 0.434. The van der Waals surface area contributed by atoms with E-state index in [9.17, 15) is 0 Å². The Morgan fingerprint density at radius 3 is 3.00 bits per heavy atom. The lowest BCUT2D eigenvalue weighted by atomic mass is 9.85. The van der Waals surface area contributed by atoms with E-state index >= 15 is 0 Å². The van der Waals surface area contributed by atoms with Crippen LogP contribution in [0.15, 0.2) is 24.3 Å². The minimum atomic E-state index is 0.678. The Labute approximate surface area is 91.1 Å². The Bertz CT molecular complexity index is 342. The van der Waals surface area contributed by atoms with Gasteiger partial charge in [0.15, 0.2) is 0 Å². The average molecular weight is 202 g/mol. The summed E-state index contributed by atoms with van der Waals surface area (Å²) in [5.41, 5.74) is 3.05. The molecule has 80 valence electrons. The summed E-state index contributed by atoms with van der Waals surface area (Å²) >= 11 is 0. The van der Waals surface area contributed by atoms with E-state index in [-0.39, 0.29) is 0 Å². The molecule has 2 N–H and O–H groups in total. The summed E-state index contributed by atoms with van der Waals surface area (Å²) in [6.45, 7) is 3.37. The predicted octanol–water partition coefficient (Wildman–Crippen LogP) is 1.63. The molecule has 3 rings (SSSR count). The van der Waals surface area contributed by atoms with Gasteiger partial charge in [-0.2, -0.15) is 0 Å². The van der Waals surface area contributed by atoms with E-state index in [4.69, 9.17) is 0 Å². The third-order valence-electron chi connectivity index (χ3n) is 3.72. The number of nitrogens with one attached hydrogen (secondary N) is 2. The summed E-state index contributed by atoms with van der Waals surface area (Å²) in [4.78, 5) is 0. The highest BCUT2D eigenvalue weighted by Gasteiger charge is 2.29. The molecular weight excluding hydrogens is 184 g/mol. The highest BCUT2D eigenvalue weighted by atomic mass is 15.0. The zero-order valence-electron chi connectivity index (χ0n) is 9.00. The van der Waals surface area contributed by atoms with Gasteiger partial charge >= 0.3 is 0 Å². The van der Waals surface area contributed by atoms with Crippen molar-refractivity contribution < 1.29 is 0 Å². The molecule has 0 saturated carbocycles. The fourth-order valence-corrected chi connectivity index (χ4v) is 2.94. The molecule has 1 fully saturated rings. The van der Waals surface area contributed by atoms with Crippen LogP contribution in [0.25, 0.3) is 0 Å². The van der Waals surface area contributed by atoms with E-state index in [1.165, 1.54) is 24.9 Å². The molecule has 2 unspecified atom stereocenters. The van der Waals surface area contributed by atoms with Crippen LogP contribution in [0.2, 0.25) is 0 Å². The van der Waals surface area contributed by atoms with Gasteiger partial charge in [-0.05, 0) is 30.5 Å². The van der Waals surface area contributed by atoms with Crippen molar-refractivity contribution in [1.29, 1.82) is 0 Å². The Morgan fingerprint density at radius 2 is 2.13 bits per heavy atom. The van der Waals surface area contributed by atoms with Crippen LogP contribution < -0.4 is 10.6 Å². The lowest BCUT2D eigenvalue weighted by Crippen LogP contribution is -2.39. The largest absolute Gasteiger partial charge is 0.313 e. The van der Waals surface area contributed by atoms with E-state index < -0.39 is 0 Å². The van der Waals surface area contributed by atoms with Gasteiger partial charge in [-0.25, -0.2) is 0 Å². The summed E-state index contributed by atoms with van der Waals surface area (Å²) < 4.78 is 0. The molecule has 15 heavy (non-hydrogen) atoms. The number of hydrogen-bond donors (Lipinski definition) is 2. The fraction of sp³-hybridized carbons (Fsp3) is 0.538. The third kappa shape index (κ3) is 1.68. The topological polar surface area (TPSA) is 24.1 Å². The molecule has 1 aromatic carbocycles. The van der Waals surface area contributed by atoms with Gasteiger partial charge in [0, 0.05) is 25.0 Å². The van der Waals surface area contributed by atoms with Crippen molar-refractivity contribution in [2.75, 3.05) is 13.1 Å². The summed E-state index contributed by atoms with van der Waals surface area (Å²) in [5.74, 6) is 0.678. The molecule has 2 aliphatic heterocycles. The van der Waals surface area contributed by atoms with Crippen molar-refractivity contribution in [1.82, 2.24) is 10.6 Å². The van der Waals surface area contributed by atoms with Gasteiger partial charge < -0.3 is 10.6 Å². The molecule has 2 aliphatic rings. The maximum Gasteiger partial charge on any atom is 0.0208 e. The summed E-state index contributed by atoms with van der Waals surface area (Å²) in [6.07, 6.45) is 2.67. The summed E-state index contributed by atoms with van der Waals surface area (Å²) in [7, 11) is 0. The monoisotopic (exact) mass is 202 g/mol. The number of hydrogen-bond acceptors (Lipinski definition) is 2. The van der Waals surface area contributed by atoms with Gasteiger partial charge in [-0.3, -0.25) is 0 Å². The van der Waals surface area contributed by atoms with E-state index in [1.807, 2.05) is 0 Å². The van der Waals surface area contributed by atoms with Crippen molar-refractivity contribution in [3.05, 3.63) is 35.4 Å². The summed E-state index contributed by atoms with van der Waals surface area (Å²) in [5, 5.41) is 7.16. The first kappa shape index (κ1) is 9.37. The van der Waals surface area contributed by atoms with Crippen LogP contribution in [0.1, 0.15) is 29.9 Å². The van der Waals surface area contributed by atoms with Gasteiger partial charge in [0.1, 0.15) is 0 Å². The van der Waals surface area contributed by atoms with Gasteiger partial charge in [0.2, 0.25) is 0 Å². The van der Waals surface area contributed by atoms with Crippen molar-refractivity contribution in [2.24, 2.45) is 0 Å². The van der Waals surface area contributed by atoms with Crippen LogP contribution in [0, 0.1) is 0 Å². The fourth-order valence-electron chi connectivity index (χ4n) is 2.94. The molecule has 2 atom stereocenters. The standard InChI is InChI=1S/C13H18N2/c1-2-5-11-10(4-1)8-14-9-12(11)13-6-3-7-15-13/h1-2,4-5,12-15H,3,6-9H2. The average Bonchev–Trinajstić information content (AvgIpc) is 2.82. The van der Waals surface area contributed by atoms with Gasteiger partial charge in [0.05, 0.1) is 0 Å². The van der Waals surface area contributed by atoms with Crippen LogP contribution in [0.5, 0.6) is 0 Å². The minimum Gasteiger partial charge on any atom is -0.313 e. The second-order valence-corrected chi connectivity index (χ2v) is 4.64. The van der Waals surface area contributed by atoms with Gasteiger partial charge in [-0.15, -0.1) is 0 Å². The van der Waals surface area contributed by atoms with Crippen LogP contribution in [-0.2, 0) is 6.54 Å². The van der Waals surface area contributed by atoms with Crippen LogP contribution in [0.4, 0.5) is 0 Å². The van der Waals surface area contributed by atoms with Crippen LogP contribution in [0.3, 0.4) is 0 Å². The Kier molecular flexibility index (Phi) is 2.47. The van der Waals surface area contributed by atoms with Crippen molar-refractivity contribution in [2.45, 2.75) is 31.3 Å². The molecular formula is C13H18N2. The van der Waals surface area contributed by atoms with E-state index in [0.29, 0.717) is 12.0 Å². The van der Waals surface area contributed by atoms with Gasteiger partial charge in [0.25, 0.3) is 0 Å². The smallest absolute Gasteiger partial charge is 0.0208 e. The molecule has 0 aromatic heterocycles. The molecule has 2 heteroatoms. The van der Waals surface area contributed by atoms with Crippen LogP contribution >= 0.6 is 0 Å². The lowest BCUT2D eigenvalue weighted by Gasteiger charge is -2.30. The van der Waals surface area contributed by atoms with E-state index in [1.54, 1.807) is 5.56 Å². The molecule has 0 spiro atoms. The maximum atomic E-state index is 3.63. The minimum absolute atomic E-state index is 0.678. The number of rotatable bonds is 1. The molecule has 2 nitrogen and oxygen atoms in total. The molecule has 1 saturated heterocycles. The molecule has 0 aliphatic carbocycles. The normalized spacial score (nSPS) is 30.1. The quantitative estimate of drug-likeness (QED) is 0.723. The first-order valence-corrected chi connectivity index (χ1v) is 5.97. The van der Waals surface area contributed by atoms with Gasteiger partial charge in [-0.1, -0.05) is 24.3 Å². The van der Waals surface area contributed by atoms with Crippen molar-refractivity contribution in [3.63, 3.8) is 0 Å². The zero-order chi connectivity index (χ0) is 10.1. The highest BCUT2D eigenvalue weighted by molar-refractivity contribution is 5.34. The molecule has 2 heterocycles. The molecule has 1 aromatic rings. The molecule has 0 bridgehead atoms. The predicted molar refractivity (Wildman–Crippen MR) is 61.9 cm³/mol. The second kappa shape index (κ2) is 3.95. The molecule has 0 amide bonds. The SMILES string of the molecule is c1ccc2c(c1)CNCC2C1CCCN1. The highest BCUT2D eigenvalue weighted by Crippen LogP contribution is 2.29. The van der Waals surface area contributed by atoms with E-state index in [0.717, 1.165) is 13.1 Å². The first-order valence-electron chi connectivity index (χ1n) is 5.97. The number of fused-ring (bicyclic) bond motifs is 1. The maximum absolute atomic E-state index is 3.63. The van der Waals surface area contributed by atoms with Crippen LogP contribution in [-0.4, -0.2) is 19.1 Å². The zero-order valence-corrected chi connectivity index (χ0v) is 9.00. The van der Waals surface area contributed by atoms with Crippen molar-refractivity contribution >= 4 is 0 Å². The van der Waals surface area contributed by atoms with E-state index in [2.05, 4.69) is 34.9 Å². The molecule has 0 radical (unpaired) electrons. The third-order valence-corrected chi connectivity index (χ3v) is 3.72. The second-order valence-electron chi connectivity index (χ2n) is 4.64. The summed E-state index contributed by atoms with van der Waals surface area (Å²) in [6, 6.07) is 9.57.